The van der Waals surface area contributed by atoms with E-state index in [1.165, 1.54) is 30.5 Å². The Labute approximate surface area is 130 Å². The number of nitrogens with one attached hydrogen (secondary N) is 2. The number of carbonyl (C=O) groups is 1. The van der Waals surface area contributed by atoms with Gasteiger partial charge in [-0.25, -0.2) is 10.4 Å². The van der Waals surface area contributed by atoms with Gasteiger partial charge in [0.05, 0.1) is 22.2 Å². The number of amides is 1. The second-order valence-electron chi connectivity index (χ2n) is 4.65. The average Bonchev–Trinajstić information content (AvgIpc) is 2.99. The molecule has 8 nitrogen and oxygen atoms in total. The van der Waals surface area contributed by atoms with E-state index in [1.807, 2.05) is 18.2 Å². The zero-order valence-corrected chi connectivity index (χ0v) is 11.8. The molecule has 0 aliphatic heterocycles. The van der Waals surface area contributed by atoms with Crippen molar-refractivity contribution in [1.29, 1.82) is 0 Å². The predicted molar refractivity (Wildman–Crippen MR) is 84.3 cm³/mol. The Morgan fingerprint density at radius 3 is 2.65 bits per heavy atom. The van der Waals surface area contributed by atoms with E-state index in [0.717, 1.165) is 5.52 Å². The topological polar surface area (TPSA) is 113 Å². The molecule has 0 radical (unpaired) electrons. The maximum Gasteiger partial charge on any atom is 0.307 e. The van der Waals surface area contributed by atoms with E-state index < -0.39 is 10.8 Å². The Morgan fingerprint density at radius 2 is 1.96 bits per heavy atom. The molecule has 0 aliphatic rings. The number of rotatable bonds is 4. The molecule has 0 atom stereocenters. The van der Waals surface area contributed by atoms with Crippen LogP contribution < -0.4 is 5.43 Å². The third-order valence-corrected chi connectivity index (χ3v) is 3.09. The van der Waals surface area contributed by atoms with Crippen molar-refractivity contribution < 1.29 is 9.72 Å². The molecule has 2 N–H and O–H groups in total. The van der Waals surface area contributed by atoms with Crippen molar-refractivity contribution in [2.45, 2.75) is 0 Å². The Balaban J connectivity index is 1.67. The summed E-state index contributed by atoms with van der Waals surface area (Å²) in [6.07, 6.45) is 1.39. The van der Waals surface area contributed by atoms with Crippen LogP contribution >= 0.6 is 0 Å². The zero-order valence-electron chi connectivity index (χ0n) is 11.8. The molecule has 3 aromatic rings. The first-order valence-electron chi connectivity index (χ1n) is 6.66. The molecule has 0 saturated carbocycles. The van der Waals surface area contributed by atoms with Gasteiger partial charge in [0.2, 0.25) is 0 Å². The highest BCUT2D eigenvalue weighted by atomic mass is 16.6. The second kappa shape index (κ2) is 6.06. The molecule has 0 unspecified atom stereocenters. The van der Waals surface area contributed by atoms with Gasteiger partial charge in [-0.05, 0) is 29.8 Å². The van der Waals surface area contributed by atoms with Crippen LogP contribution in [0.15, 0.2) is 53.6 Å². The summed E-state index contributed by atoms with van der Waals surface area (Å²) in [4.78, 5) is 29.1. The van der Waals surface area contributed by atoms with Crippen LogP contribution in [0.2, 0.25) is 0 Å². The molecule has 0 spiro atoms. The van der Waals surface area contributed by atoms with Gasteiger partial charge in [-0.3, -0.25) is 14.9 Å². The van der Waals surface area contributed by atoms with Gasteiger partial charge in [-0.1, -0.05) is 12.1 Å². The Morgan fingerprint density at radius 1 is 1.22 bits per heavy atom. The van der Waals surface area contributed by atoms with Gasteiger partial charge in [-0.2, -0.15) is 5.10 Å². The number of H-pyrrole nitrogens is 1. The summed E-state index contributed by atoms with van der Waals surface area (Å²) in [6.45, 7) is 0. The van der Waals surface area contributed by atoms with Crippen molar-refractivity contribution >= 4 is 28.8 Å². The molecule has 3 rings (SSSR count). The first-order chi connectivity index (χ1) is 11.1. The monoisotopic (exact) mass is 309 g/mol. The van der Waals surface area contributed by atoms with Gasteiger partial charge in [-0.15, -0.1) is 0 Å². The van der Waals surface area contributed by atoms with E-state index >= 15 is 0 Å². The first kappa shape index (κ1) is 14.4. The molecular weight excluding hydrogens is 298 g/mol. The number of aromatic amines is 1. The maximum atomic E-state index is 11.9. The zero-order chi connectivity index (χ0) is 16.2. The predicted octanol–water partition coefficient (Wildman–Crippen LogP) is 2.23. The number of para-hydroxylation sites is 2. The number of benzene rings is 2. The summed E-state index contributed by atoms with van der Waals surface area (Å²) in [5.74, 6) is -0.314. The van der Waals surface area contributed by atoms with E-state index in [9.17, 15) is 14.9 Å². The van der Waals surface area contributed by atoms with Gasteiger partial charge in [0.1, 0.15) is 0 Å². The number of carbonyl (C=O) groups excluding carboxylic acids is 1. The quantitative estimate of drug-likeness (QED) is 0.437. The van der Waals surface area contributed by atoms with E-state index in [1.54, 1.807) is 6.07 Å². The lowest BCUT2D eigenvalue weighted by molar-refractivity contribution is -0.384. The molecule has 0 bridgehead atoms. The van der Waals surface area contributed by atoms with Crippen LogP contribution in [-0.2, 0) is 0 Å². The number of nitro benzene ring substituents is 1. The summed E-state index contributed by atoms with van der Waals surface area (Å²) in [6, 6.07) is 13.1. The normalized spacial score (nSPS) is 11.0. The summed E-state index contributed by atoms with van der Waals surface area (Å²) in [5.41, 5.74) is 4.42. The second-order valence-corrected chi connectivity index (χ2v) is 4.65. The SMILES string of the molecule is O=C(N/N=C/c1ccc([N+](=O)[O-])cc1)c1nc2ccccc2[nH]1. The van der Waals surface area contributed by atoms with Crippen LogP contribution in [0.4, 0.5) is 5.69 Å². The highest BCUT2D eigenvalue weighted by molar-refractivity contribution is 5.94. The van der Waals surface area contributed by atoms with Crippen LogP contribution in [0.5, 0.6) is 0 Å². The number of non-ortho nitro benzene ring substituents is 1. The Kier molecular flexibility index (Phi) is 3.79. The van der Waals surface area contributed by atoms with Gasteiger partial charge >= 0.3 is 5.91 Å². The van der Waals surface area contributed by atoms with Crippen molar-refractivity contribution in [2.24, 2.45) is 5.10 Å². The minimum Gasteiger partial charge on any atom is -0.334 e. The van der Waals surface area contributed by atoms with Crippen LogP contribution in [-0.4, -0.2) is 27.0 Å². The minimum atomic E-state index is -0.482. The van der Waals surface area contributed by atoms with Gasteiger partial charge in [0, 0.05) is 12.1 Å². The largest absolute Gasteiger partial charge is 0.334 e. The van der Waals surface area contributed by atoms with Gasteiger partial charge in [0.15, 0.2) is 5.82 Å². The molecule has 1 aromatic heterocycles. The van der Waals surface area contributed by atoms with E-state index in [4.69, 9.17) is 0 Å². The van der Waals surface area contributed by atoms with Crippen molar-refractivity contribution in [1.82, 2.24) is 15.4 Å². The van der Waals surface area contributed by atoms with Crippen LogP contribution in [0.3, 0.4) is 0 Å². The fourth-order valence-corrected chi connectivity index (χ4v) is 1.96. The third-order valence-electron chi connectivity index (χ3n) is 3.09. The summed E-state index contributed by atoms with van der Waals surface area (Å²) < 4.78 is 0. The molecule has 1 heterocycles. The highest BCUT2D eigenvalue weighted by Crippen LogP contribution is 2.11. The standard InChI is InChI=1S/C15H11N5O3/c21-15(14-17-12-3-1-2-4-13(12)18-14)19-16-9-10-5-7-11(8-6-10)20(22)23/h1-9H,(H,17,18)(H,19,21)/b16-9+. The molecular formula is C15H11N5O3. The van der Waals surface area contributed by atoms with Crippen molar-refractivity contribution in [2.75, 3.05) is 0 Å². The first-order valence-corrected chi connectivity index (χ1v) is 6.66. The van der Waals surface area contributed by atoms with E-state index in [0.29, 0.717) is 11.1 Å². The van der Waals surface area contributed by atoms with Gasteiger partial charge < -0.3 is 4.98 Å². The average molecular weight is 309 g/mol. The molecule has 1 amide bonds. The van der Waals surface area contributed by atoms with Crippen molar-refractivity contribution in [3.8, 4) is 0 Å². The molecule has 2 aromatic carbocycles. The number of imidazole rings is 1. The number of nitrogens with zero attached hydrogens (tertiary/aromatic N) is 3. The summed E-state index contributed by atoms with van der Waals surface area (Å²) in [7, 11) is 0. The maximum absolute atomic E-state index is 11.9. The van der Waals surface area contributed by atoms with Crippen molar-refractivity contribution in [3.05, 3.63) is 70.0 Å². The highest BCUT2D eigenvalue weighted by Gasteiger charge is 2.10. The van der Waals surface area contributed by atoms with Crippen LogP contribution in [0, 0.1) is 10.1 Å². The number of aromatic nitrogens is 2. The minimum absolute atomic E-state index is 0.00605. The number of hydrazone groups is 1. The van der Waals surface area contributed by atoms with Crippen molar-refractivity contribution in [3.63, 3.8) is 0 Å². The fourth-order valence-electron chi connectivity index (χ4n) is 1.96. The number of fused-ring (bicyclic) bond motifs is 1. The smallest absolute Gasteiger partial charge is 0.307 e. The molecule has 0 saturated heterocycles. The third kappa shape index (κ3) is 3.21. The lowest BCUT2D eigenvalue weighted by Gasteiger charge is -1.96. The Hall–Kier alpha value is -3.55. The lowest BCUT2D eigenvalue weighted by Crippen LogP contribution is -2.19. The van der Waals surface area contributed by atoms with E-state index in [2.05, 4.69) is 20.5 Å². The number of hydrogen-bond acceptors (Lipinski definition) is 5. The Bertz CT molecular complexity index is 866. The van der Waals surface area contributed by atoms with E-state index in [-0.39, 0.29) is 11.5 Å². The molecule has 23 heavy (non-hydrogen) atoms. The number of nitro groups is 1. The molecule has 0 aliphatic carbocycles. The summed E-state index contributed by atoms with van der Waals surface area (Å²) >= 11 is 0. The van der Waals surface area contributed by atoms with Crippen LogP contribution in [0.1, 0.15) is 16.2 Å². The van der Waals surface area contributed by atoms with Gasteiger partial charge in [0.25, 0.3) is 5.69 Å². The lowest BCUT2D eigenvalue weighted by atomic mass is 10.2. The van der Waals surface area contributed by atoms with Crippen LogP contribution in [0.25, 0.3) is 11.0 Å². The fraction of sp³-hybridized carbons (Fsp3) is 0. The summed E-state index contributed by atoms with van der Waals surface area (Å²) in [5, 5.41) is 14.4. The number of hydrogen-bond donors (Lipinski definition) is 2. The molecule has 0 fully saturated rings. The molecule has 8 heteroatoms. The molecule has 114 valence electrons.